The number of nitrogens with one attached hydrogen (secondary N) is 1. The van der Waals surface area contributed by atoms with Crippen molar-refractivity contribution in [3.05, 3.63) is 94.5 Å². The number of sulfonamides is 1. The summed E-state index contributed by atoms with van der Waals surface area (Å²) in [5.74, 6) is -1.19. The van der Waals surface area contributed by atoms with Crippen LogP contribution in [0.1, 0.15) is 16.7 Å². The van der Waals surface area contributed by atoms with Crippen LogP contribution in [0.25, 0.3) is 6.08 Å². The molecule has 1 aliphatic rings. The van der Waals surface area contributed by atoms with E-state index in [2.05, 4.69) is 5.32 Å². The maximum absolute atomic E-state index is 13.1. The van der Waals surface area contributed by atoms with Gasteiger partial charge in [-0.05, 0) is 66.4 Å². The summed E-state index contributed by atoms with van der Waals surface area (Å²) >= 11 is 6.03. The fourth-order valence-corrected chi connectivity index (χ4v) is 5.39. The Morgan fingerprint density at radius 2 is 1.80 bits per heavy atom. The molecule has 1 heterocycles. The second-order valence-electron chi connectivity index (χ2n) is 7.93. The van der Waals surface area contributed by atoms with Gasteiger partial charge in [0, 0.05) is 23.3 Å². The van der Waals surface area contributed by atoms with Gasteiger partial charge in [-0.3, -0.25) is 9.10 Å². The number of benzene rings is 3. The van der Waals surface area contributed by atoms with Gasteiger partial charge in [0.2, 0.25) is 0 Å². The van der Waals surface area contributed by atoms with Gasteiger partial charge in [0.15, 0.2) is 6.61 Å². The largest absolute Gasteiger partial charge is 0.452 e. The quantitative estimate of drug-likeness (QED) is 0.370. The Bertz CT molecular complexity index is 1400. The van der Waals surface area contributed by atoms with Gasteiger partial charge < -0.3 is 10.1 Å². The average Bonchev–Trinajstić information content (AvgIpc) is 3.30. The van der Waals surface area contributed by atoms with Crippen molar-refractivity contribution >= 4 is 51.0 Å². The normalized spacial score (nSPS) is 13.0. The number of amides is 1. The number of fused-ring (bicyclic) bond motifs is 1. The third kappa shape index (κ3) is 5.55. The van der Waals surface area contributed by atoms with Crippen LogP contribution >= 0.6 is 11.6 Å². The Morgan fingerprint density at radius 3 is 2.57 bits per heavy atom. The number of hydrogen-bond acceptors (Lipinski definition) is 5. The Hall–Kier alpha value is -3.62. The van der Waals surface area contributed by atoms with Crippen LogP contribution in [-0.4, -0.2) is 33.4 Å². The molecule has 9 heteroatoms. The van der Waals surface area contributed by atoms with Crippen molar-refractivity contribution in [3.8, 4) is 0 Å². The van der Waals surface area contributed by atoms with Crippen molar-refractivity contribution in [1.82, 2.24) is 0 Å². The molecule has 0 atom stereocenters. The highest BCUT2D eigenvalue weighted by Crippen LogP contribution is 2.32. The predicted molar refractivity (Wildman–Crippen MR) is 136 cm³/mol. The van der Waals surface area contributed by atoms with Crippen LogP contribution in [-0.2, 0) is 30.8 Å². The fraction of sp³-hybridized carbons (Fsp3) is 0.154. The molecule has 0 aromatic heterocycles. The van der Waals surface area contributed by atoms with Gasteiger partial charge in [-0.1, -0.05) is 48.0 Å². The Balaban J connectivity index is 1.33. The Kier molecular flexibility index (Phi) is 7.23. The second-order valence-corrected chi connectivity index (χ2v) is 10.2. The van der Waals surface area contributed by atoms with Crippen LogP contribution in [0.4, 0.5) is 11.4 Å². The summed E-state index contributed by atoms with van der Waals surface area (Å²) in [6, 6.07) is 18.8. The fourth-order valence-electron chi connectivity index (χ4n) is 3.71. The lowest BCUT2D eigenvalue weighted by Gasteiger charge is -2.19. The molecule has 4 rings (SSSR count). The molecule has 1 N–H and O–H groups in total. The molecule has 0 saturated carbocycles. The zero-order valence-corrected chi connectivity index (χ0v) is 20.5. The Morgan fingerprint density at radius 1 is 1.06 bits per heavy atom. The summed E-state index contributed by atoms with van der Waals surface area (Å²) in [6.45, 7) is 1.72. The number of esters is 1. The molecule has 3 aromatic rings. The molecule has 0 fully saturated rings. The molecule has 0 saturated heterocycles. The minimum Gasteiger partial charge on any atom is -0.452 e. The Labute approximate surface area is 209 Å². The number of nitrogens with zero attached hydrogens (tertiary/aromatic N) is 1. The van der Waals surface area contributed by atoms with Crippen molar-refractivity contribution in [3.63, 3.8) is 0 Å². The SMILES string of the molecule is Cc1c(Cl)cccc1NC(=O)COC(=O)C=Cc1ccc(S(=O)(=O)N2CCc3ccccc32)cc1. The molecule has 3 aromatic carbocycles. The minimum atomic E-state index is -3.69. The number of ether oxygens (including phenoxy) is 1. The molecule has 1 amide bonds. The van der Waals surface area contributed by atoms with E-state index in [1.54, 1.807) is 43.3 Å². The molecular weight excluding hydrogens is 488 g/mol. The van der Waals surface area contributed by atoms with Crippen molar-refractivity contribution in [2.75, 3.05) is 22.8 Å². The summed E-state index contributed by atoms with van der Waals surface area (Å²) < 4.78 is 32.6. The monoisotopic (exact) mass is 510 g/mol. The zero-order valence-electron chi connectivity index (χ0n) is 18.9. The number of anilines is 2. The van der Waals surface area contributed by atoms with Gasteiger partial charge >= 0.3 is 5.97 Å². The van der Waals surface area contributed by atoms with Crippen LogP contribution in [0.15, 0.2) is 77.7 Å². The van der Waals surface area contributed by atoms with Crippen LogP contribution < -0.4 is 9.62 Å². The van der Waals surface area contributed by atoms with Gasteiger partial charge in [0.05, 0.1) is 10.6 Å². The summed E-state index contributed by atoms with van der Waals surface area (Å²) in [5, 5.41) is 3.16. The lowest BCUT2D eigenvalue weighted by atomic mass is 10.2. The number of hydrogen-bond donors (Lipinski definition) is 1. The third-order valence-corrected chi connectivity index (χ3v) is 7.85. The minimum absolute atomic E-state index is 0.168. The topological polar surface area (TPSA) is 92.8 Å². The van der Waals surface area contributed by atoms with Crippen LogP contribution in [0.2, 0.25) is 5.02 Å². The molecule has 0 radical (unpaired) electrons. The van der Waals surface area contributed by atoms with Gasteiger partial charge in [0.25, 0.3) is 15.9 Å². The average molecular weight is 511 g/mol. The molecule has 1 aliphatic heterocycles. The number of rotatable bonds is 7. The first kappa shape index (κ1) is 24.5. The first-order valence-corrected chi connectivity index (χ1v) is 12.7. The number of halogens is 1. The zero-order chi connectivity index (χ0) is 25.0. The van der Waals surface area contributed by atoms with E-state index in [0.29, 0.717) is 40.5 Å². The van der Waals surface area contributed by atoms with E-state index in [1.807, 2.05) is 18.2 Å². The molecule has 0 bridgehead atoms. The number of carbonyl (C=O) groups excluding carboxylic acids is 2. The predicted octanol–water partition coefficient (Wildman–Crippen LogP) is 4.59. The summed E-state index contributed by atoms with van der Waals surface area (Å²) in [4.78, 5) is 24.2. The first-order chi connectivity index (χ1) is 16.8. The van der Waals surface area contributed by atoms with Crippen LogP contribution in [0.3, 0.4) is 0 Å². The summed E-state index contributed by atoms with van der Waals surface area (Å²) in [7, 11) is -3.69. The van der Waals surface area contributed by atoms with Crippen molar-refractivity contribution in [2.45, 2.75) is 18.2 Å². The maximum atomic E-state index is 13.1. The highest BCUT2D eigenvalue weighted by Gasteiger charge is 2.30. The third-order valence-electron chi connectivity index (χ3n) is 5.61. The van der Waals surface area contributed by atoms with Crippen molar-refractivity contribution < 1.29 is 22.7 Å². The van der Waals surface area contributed by atoms with Crippen molar-refractivity contribution in [2.24, 2.45) is 0 Å². The molecular formula is C26H23ClN2O5S. The highest BCUT2D eigenvalue weighted by molar-refractivity contribution is 7.92. The molecule has 35 heavy (non-hydrogen) atoms. The van der Waals surface area contributed by atoms with Gasteiger partial charge in [0.1, 0.15) is 0 Å². The maximum Gasteiger partial charge on any atom is 0.331 e. The van der Waals surface area contributed by atoms with Gasteiger partial charge in [-0.15, -0.1) is 0 Å². The first-order valence-electron chi connectivity index (χ1n) is 10.9. The van der Waals surface area contributed by atoms with E-state index in [1.165, 1.54) is 28.6 Å². The van der Waals surface area contributed by atoms with Gasteiger partial charge in [-0.2, -0.15) is 0 Å². The molecule has 0 unspecified atom stereocenters. The van der Waals surface area contributed by atoms with E-state index < -0.39 is 28.5 Å². The number of para-hydroxylation sites is 1. The second kappa shape index (κ2) is 10.3. The molecule has 180 valence electrons. The number of carbonyl (C=O) groups is 2. The standard InChI is InChI=1S/C26H23ClN2O5S/c1-18-22(27)6-4-7-23(18)28-25(30)17-34-26(31)14-11-19-9-12-21(13-10-19)35(32,33)29-16-15-20-5-2-3-8-24(20)29/h2-14H,15-17H2,1H3,(H,28,30). The molecule has 0 spiro atoms. The van der Waals surface area contributed by atoms with Crippen LogP contribution in [0.5, 0.6) is 0 Å². The van der Waals surface area contributed by atoms with Gasteiger partial charge in [-0.25, -0.2) is 13.2 Å². The highest BCUT2D eigenvalue weighted by atomic mass is 35.5. The van der Waals surface area contributed by atoms with E-state index in [9.17, 15) is 18.0 Å². The smallest absolute Gasteiger partial charge is 0.331 e. The molecule has 0 aliphatic carbocycles. The van der Waals surface area contributed by atoms with E-state index >= 15 is 0 Å². The summed E-state index contributed by atoms with van der Waals surface area (Å²) in [5.41, 5.74) is 3.58. The van der Waals surface area contributed by atoms with Crippen LogP contribution in [0, 0.1) is 6.92 Å². The lowest BCUT2D eigenvalue weighted by Crippen LogP contribution is -2.29. The van der Waals surface area contributed by atoms with E-state index in [-0.39, 0.29) is 4.90 Å². The van der Waals surface area contributed by atoms with Crippen molar-refractivity contribution in [1.29, 1.82) is 0 Å². The van der Waals surface area contributed by atoms with E-state index in [4.69, 9.17) is 16.3 Å². The summed E-state index contributed by atoms with van der Waals surface area (Å²) in [6.07, 6.45) is 3.34. The van der Waals surface area contributed by atoms with E-state index in [0.717, 1.165) is 5.56 Å². The lowest BCUT2D eigenvalue weighted by molar-refractivity contribution is -0.142. The molecule has 7 nitrogen and oxygen atoms in total.